The summed E-state index contributed by atoms with van der Waals surface area (Å²) in [6, 6.07) is 4.06. The van der Waals surface area contributed by atoms with Crippen molar-refractivity contribution in [2.24, 2.45) is 0 Å². The highest BCUT2D eigenvalue weighted by atomic mass is 79.9. The van der Waals surface area contributed by atoms with Crippen molar-refractivity contribution in [1.29, 1.82) is 0 Å². The average molecular weight is 326 g/mol. The lowest BCUT2D eigenvalue weighted by molar-refractivity contribution is -0.116. The van der Waals surface area contributed by atoms with Gasteiger partial charge in [0.25, 0.3) is 0 Å². The number of aryl methyl sites for hydroxylation is 2. The van der Waals surface area contributed by atoms with Crippen LogP contribution in [0.5, 0.6) is 0 Å². The van der Waals surface area contributed by atoms with Crippen molar-refractivity contribution in [2.45, 2.75) is 59.3 Å². The number of unbranched alkanes of at least 4 members (excludes halogenated alkanes) is 4. The van der Waals surface area contributed by atoms with E-state index in [1.807, 2.05) is 26.0 Å². The first-order valence-electron chi connectivity index (χ1n) is 7.11. The number of nitrogens with one attached hydrogen (secondary N) is 1. The summed E-state index contributed by atoms with van der Waals surface area (Å²) in [5, 5.41) is 3.04. The maximum atomic E-state index is 11.9. The molecule has 0 fully saturated rings. The molecule has 1 aromatic carbocycles. The molecule has 0 atom stereocenters. The summed E-state index contributed by atoms with van der Waals surface area (Å²) in [7, 11) is 0. The third kappa shape index (κ3) is 5.77. The number of halogens is 1. The van der Waals surface area contributed by atoms with Gasteiger partial charge in [-0.2, -0.15) is 0 Å². The number of carbonyl (C=O) groups excluding carboxylic acids is 1. The lowest BCUT2D eigenvalue weighted by atomic mass is 10.1. The number of carbonyl (C=O) groups is 1. The quantitative estimate of drug-likeness (QED) is 0.671. The van der Waals surface area contributed by atoms with E-state index >= 15 is 0 Å². The molecule has 0 aliphatic heterocycles. The summed E-state index contributed by atoms with van der Waals surface area (Å²) >= 11 is 3.47. The molecule has 106 valence electrons. The van der Waals surface area contributed by atoms with E-state index in [9.17, 15) is 4.79 Å². The third-order valence-corrected chi connectivity index (χ3v) is 3.73. The lowest BCUT2D eigenvalue weighted by Crippen LogP contribution is -2.13. The minimum absolute atomic E-state index is 0.130. The zero-order valence-corrected chi connectivity index (χ0v) is 13.8. The predicted molar refractivity (Wildman–Crippen MR) is 85.6 cm³/mol. The van der Waals surface area contributed by atoms with Crippen molar-refractivity contribution in [3.05, 3.63) is 27.7 Å². The summed E-state index contributed by atoms with van der Waals surface area (Å²) < 4.78 is 1.06. The molecule has 1 N–H and O–H groups in total. The smallest absolute Gasteiger partial charge is 0.224 e. The second kappa shape index (κ2) is 8.36. The first kappa shape index (κ1) is 16.2. The molecule has 2 nitrogen and oxygen atoms in total. The van der Waals surface area contributed by atoms with E-state index in [2.05, 4.69) is 28.2 Å². The SMILES string of the molecule is CCCCCCCC(=O)Nc1c(C)cc(Br)cc1C. The number of benzene rings is 1. The zero-order valence-electron chi connectivity index (χ0n) is 12.2. The fourth-order valence-electron chi connectivity index (χ4n) is 2.20. The van der Waals surface area contributed by atoms with Crippen molar-refractivity contribution in [3.63, 3.8) is 0 Å². The molecule has 0 heterocycles. The van der Waals surface area contributed by atoms with E-state index in [4.69, 9.17) is 0 Å². The Hall–Kier alpha value is -0.830. The molecule has 0 spiro atoms. The van der Waals surface area contributed by atoms with Crippen LogP contribution in [0.3, 0.4) is 0 Å². The van der Waals surface area contributed by atoms with Crippen LogP contribution in [0.2, 0.25) is 0 Å². The van der Waals surface area contributed by atoms with E-state index in [-0.39, 0.29) is 5.91 Å². The van der Waals surface area contributed by atoms with Gasteiger partial charge in [-0.25, -0.2) is 0 Å². The molecular formula is C16H24BrNO. The summed E-state index contributed by atoms with van der Waals surface area (Å²) in [6.45, 7) is 6.25. The van der Waals surface area contributed by atoms with Gasteiger partial charge in [0.2, 0.25) is 5.91 Å². The van der Waals surface area contributed by atoms with Crippen molar-refractivity contribution in [1.82, 2.24) is 0 Å². The van der Waals surface area contributed by atoms with Gasteiger partial charge in [-0.3, -0.25) is 4.79 Å². The average Bonchev–Trinajstić information content (AvgIpc) is 2.33. The maximum absolute atomic E-state index is 11.9. The van der Waals surface area contributed by atoms with Gasteiger partial charge in [0.1, 0.15) is 0 Å². The number of anilines is 1. The van der Waals surface area contributed by atoms with Crippen LogP contribution in [0.1, 0.15) is 56.6 Å². The highest BCUT2D eigenvalue weighted by Gasteiger charge is 2.08. The Balaban J connectivity index is 2.44. The molecule has 0 saturated carbocycles. The predicted octanol–water partition coefficient (Wildman–Crippen LogP) is 5.36. The molecule has 1 rings (SSSR count). The lowest BCUT2D eigenvalue weighted by Gasteiger charge is -2.12. The Morgan fingerprint density at radius 3 is 2.26 bits per heavy atom. The van der Waals surface area contributed by atoms with Crippen molar-refractivity contribution >= 4 is 27.5 Å². The topological polar surface area (TPSA) is 29.1 Å². The number of hydrogen-bond acceptors (Lipinski definition) is 1. The van der Waals surface area contributed by atoms with Crippen molar-refractivity contribution < 1.29 is 4.79 Å². The Kier molecular flexibility index (Phi) is 7.14. The Bertz CT molecular complexity index is 406. The van der Waals surface area contributed by atoms with E-state index in [1.165, 1.54) is 19.3 Å². The van der Waals surface area contributed by atoms with Gasteiger partial charge in [0.15, 0.2) is 0 Å². The molecule has 3 heteroatoms. The summed E-state index contributed by atoms with van der Waals surface area (Å²) in [5.74, 6) is 0.130. The van der Waals surface area contributed by atoms with Gasteiger partial charge >= 0.3 is 0 Å². The van der Waals surface area contributed by atoms with Crippen LogP contribution in [0, 0.1) is 13.8 Å². The van der Waals surface area contributed by atoms with Crippen LogP contribution >= 0.6 is 15.9 Å². The first-order chi connectivity index (χ1) is 9.04. The van der Waals surface area contributed by atoms with Crippen LogP contribution in [0.25, 0.3) is 0 Å². The molecule has 1 amide bonds. The van der Waals surface area contributed by atoms with Crippen molar-refractivity contribution in [3.8, 4) is 0 Å². The highest BCUT2D eigenvalue weighted by molar-refractivity contribution is 9.10. The molecule has 0 unspecified atom stereocenters. The van der Waals surface area contributed by atoms with E-state index < -0.39 is 0 Å². The molecule has 1 aromatic rings. The molecule has 0 saturated heterocycles. The molecular weight excluding hydrogens is 302 g/mol. The molecule has 0 aromatic heterocycles. The van der Waals surface area contributed by atoms with Gasteiger partial charge in [0.05, 0.1) is 0 Å². The zero-order chi connectivity index (χ0) is 14.3. The van der Waals surface area contributed by atoms with Crippen LogP contribution in [-0.2, 0) is 4.79 Å². The minimum Gasteiger partial charge on any atom is -0.326 e. The van der Waals surface area contributed by atoms with Gasteiger partial charge < -0.3 is 5.32 Å². The monoisotopic (exact) mass is 325 g/mol. The van der Waals surface area contributed by atoms with Crippen LogP contribution < -0.4 is 5.32 Å². The molecule has 0 aliphatic carbocycles. The molecule has 0 aliphatic rings. The summed E-state index contributed by atoms with van der Waals surface area (Å²) in [4.78, 5) is 11.9. The second-order valence-electron chi connectivity index (χ2n) is 5.13. The fourth-order valence-corrected chi connectivity index (χ4v) is 2.89. The van der Waals surface area contributed by atoms with Gasteiger partial charge in [0, 0.05) is 16.6 Å². The molecule has 19 heavy (non-hydrogen) atoms. The Morgan fingerprint density at radius 2 is 1.68 bits per heavy atom. The third-order valence-electron chi connectivity index (χ3n) is 3.27. The van der Waals surface area contributed by atoms with Gasteiger partial charge in [-0.1, -0.05) is 48.5 Å². The highest BCUT2D eigenvalue weighted by Crippen LogP contribution is 2.25. The van der Waals surface area contributed by atoms with E-state index in [1.54, 1.807) is 0 Å². The number of amides is 1. The molecule has 0 radical (unpaired) electrons. The summed E-state index contributed by atoms with van der Waals surface area (Å²) in [6.07, 6.45) is 6.51. The van der Waals surface area contributed by atoms with Gasteiger partial charge in [-0.15, -0.1) is 0 Å². The van der Waals surface area contributed by atoms with Gasteiger partial charge in [-0.05, 0) is 43.5 Å². The minimum atomic E-state index is 0.130. The Labute approximate surface area is 125 Å². The fraction of sp³-hybridized carbons (Fsp3) is 0.562. The normalized spacial score (nSPS) is 10.5. The Morgan fingerprint density at radius 1 is 1.11 bits per heavy atom. The van der Waals surface area contributed by atoms with E-state index in [0.29, 0.717) is 6.42 Å². The summed E-state index contributed by atoms with van der Waals surface area (Å²) in [5.41, 5.74) is 3.17. The van der Waals surface area contributed by atoms with E-state index in [0.717, 1.165) is 34.1 Å². The van der Waals surface area contributed by atoms with Crippen LogP contribution in [0.15, 0.2) is 16.6 Å². The number of rotatable bonds is 7. The maximum Gasteiger partial charge on any atom is 0.224 e. The number of hydrogen-bond donors (Lipinski definition) is 1. The second-order valence-corrected chi connectivity index (χ2v) is 6.04. The van der Waals surface area contributed by atoms with Crippen molar-refractivity contribution in [2.75, 3.05) is 5.32 Å². The largest absolute Gasteiger partial charge is 0.326 e. The first-order valence-corrected chi connectivity index (χ1v) is 7.90. The van der Waals surface area contributed by atoms with Crippen LogP contribution in [-0.4, -0.2) is 5.91 Å². The van der Waals surface area contributed by atoms with Crippen LogP contribution in [0.4, 0.5) is 5.69 Å². The molecule has 0 bridgehead atoms. The standard InChI is InChI=1S/C16H24BrNO/c1-4-5-6-7-8-9-15(19)18-16-12(2)10-14(17)11-13(16)3/h10-11H,4-9H2,1-3H3,(H,18,19).